The lowest BCUT2D eigenvalue weighted by atomic mass is 9.99. The van der Waals surface area contributed by atoms with Crippen molar-refractivity contribution >= 4 is 40.6 Å². The molecule has 0 saturated carbocycles. The Kier molecular flexibility index (Phi) is 6.49. The second-order valence-corrected chi connectivity index (χ2v) is 11.2. The van der Waals surface area contributed by atoms with Gasteiger partial charge in [-0.05, 0) is 52.0 Å². The summed E-state index contributed by atoms with van der Waals surface area (Å²) < 4.78 is 3.63. The van der Waals surface area contributed by atoms with Gasteiger partial charge in [0, 0.05) is 48.1 Å². The molecule has 9 nitrogen and oxygen atoms in total. The van der Waals surface area contributed by atoms with Crippen molar-refractivity contribution in [3.63, 3.8) is 0 Å². The van der Waals surface area contributed by atoms with E-state index in [4.69, 9.17) is 11.6 Å². The number of pyridine rings is 2. The fraction of sp³-hybridized carbons (Fsp3) is 0.290. The highest BCUT2D eigenvalue weighted by Crippen LogP contribution is 2.39. The van der Waals surface area contributed by atoms with E-state index in [0.29, 0.717) is 63.2 Å². The fourth-order valence-corrected chi connectivity index (χ4v) is 6.79. The second-order valence-electron chi connectivity index (χ2n) is 10.8. The van der Waals surface area contributed by atoms with Crippen LogP contribution in [0.3, 0.4) is 0 Å². The van der Waals surface area contributed by atoms with Gasteiger partial charge in [0.1, 0.15) is 17.1 Å². The molecule has 208 valence electrons. The number of benzene rings is 1. The predicted octanol–water partition coefficient (Wildman–Crippen LogP) is 4.04. The molecule has 1 aromatic carbocycles. The summed E-state index contributed by atoms with van der Waals surface area (Å²) in [6.07, 6.45) is 3.87. The van der Waals surface area contributed by atoms with Gasteiger partial charge in [-0.25, -0.2) is 9.36 Å². The predicted molar refractivity (Wildman–Crippen MR) is 158 cm³/mol. The number of carbonyl (C=O) groups excluding carboxylic acids is 2. The largest absolute Gasteiger partial charge is 0.442 e. The maximum absolute atomic E-state index is 14.0. The second kappa shape index (κ2) is 9.92. The van der Waals surface area contributed by atoms with Crippen molar-refractivity contribution in [2.75, 3.05) is 18.0 Å². The van der Waals surface area contributed by atoms with Crippen LogP contribution in [0, 0.1) is 6.92 Å². The number of hydrogen-bond acceptors (Lipinski definition) is 6. The first kappa shape index (κ1) is 26.8. The van der Waals surface area contributed by atoms with Gasteiger partial charge in [-0.3, -0.25) is 14.6 Å². The molecule has 0 spiro atoms. The van der Waals surface area contributed by atoms with E-state index in [1.54, 1.807) is 27.8 Å². The molecule has 6 rings (SSSR count). The Balaban J connectivity index is 1.71. The highest BCUT2D eigenvalue weighted by molar-refractivity contribution is 6.33. The molecule has 1 saturated heterocycles. The Morgan fingerprint density at radius 2 is 1.85 bits per heavy atom. The zero-order chi connectivity index (χ0) is 29.2. The first-order valence-corrected chi connectivity index (χ1v) is 14.0. The first-order chi connectivity index (χ1) is 19.7. The van der Waals surface area contributed by atoms with Crippen molar-refractivity contribution in [2.45, 2.75) is 45.8 Å². The topological polar surface area (TPSA) is 92.3 Å². The number of carbonyl (C=O) groups is 2. The van der Waals surface area contributed by atoms with Gasteiger partial charge in [0.05, 0.1) is 5.02 Å². The number of aldehydes is 1. The van der Waals surface area contributed by atoms with E-state index in [1.807, 2.05) is 56.5 Å². The molecule has 41 heavy (non-hydrogen) atoms. The summed E-state index contributed by atoms with van der Waals surface area (Å²) in [4.78, 5) is 51.8. The van der Waals surface area contributed by atoms with Crippen LogP contribution in [0.2, 0.25) is 5.02 Å². The fourth-order valence-electron chi connectivity index (χ4n) is 6.48. The molecular formula is C31H30ClN6O3+. The normalized spacial score (nSPS) is 19.7. The van der Waals surface area contributed by atoms with Crippen LogP contribution in [-0.2, 0) is 4.79 Å². The summed E-state index contributed by atoms with van der Waals surface area (Å²) in [5, 5.41) is 1.12. The van der Waals surface area contributed by atoms with Crippen molar-refractivity contribution in [2.24, 2.45) is 0 Å². The van der Waals surface area contributed by atoms with Crippen LogP contribution < -0.4 is 15.2 Å². The quantitative estimate of drug-likeness (QED) is 0.209. The van der Waals surface area contributed by atoms with Crippen LogP contribution in [0.4, 0.5) is 5.82 Å². The molecule has 1 amide bonds. The molecule has 0 bridgehead atoms. The number of hydrogen-bond donors (Lipinski definition) is 0. The summed E-state index contributed by atoms with van der Waals surface area (Å²) in [5.74, 6) is 0.383. The molecule has 4 aromatic rings. The lowest BCUT2D eigenvalue weighted by Crippen LogP contribution is -2.59. The summed E-state index contributed by atoms with van der Waals surface area (Å²) in [6, 6.07) is 10.4. The number of nitrogens with zero attached hydrogens (tertiary/aromatic N) is 6. The number of halogens is 1. The molecule has 2 aliphatic heterocycles. The van der Waals surface area contributed by atoms with E-state index in [1.165, 1.54) is 6.08 Å². The van der Waals surface area contributed by atoms with Crippen LogP contribution in [-0.4, -0.2) is 56.8 Å². The average molecular weight is 570 g/mol. The Morgan fingerprint density at radius 3 is 2.54 bits per heavy atom. The lowest BCUT2D eigenvalue weighted by Gasteiger charge is -2.45. The van der Waals surface area contributed by atoms with Gasteiger partial charge in [0.2, 0.25) is 5.91 Å². The highest BCUT2D eigenvalue weighted by Gasteiger charge is 2.41. The number of aryl methyl sites for hydroxylation is 1. The Bertz CT molecular complexity index is 1820. The molecule has 3 aromatic heterocycles. The van der Waals surface area contributed by atoms with E-state index < -0.39 is 5.69 Å². The monoisotopic (exact) mass is 569 g/mol. The third-order valence-electron chi connectivity index (χ3n) is 8.21. The molecule has 0 radical (unpaired) electrons. The smallest absolute Gasteiger partial charge is 0.347 e. The Labute approximate surface area is 242 Å². The summed E-state index contributed by atoms with van der Waals surface area (Å²) in [5.41, 5.74) is 4.27. The molecule has 10 heteroatoms. The van der Waals surface area contributed by atoms with E-state index in [-0.39, 0.29) is 24.0 Å². The molecule has 1 fully saturated rings. The van der Waals surface area contributed by atoms with E-state index >= 15 is 0 Å². The van der Waals surface area contributed by atoms with Crippen LogP contribution in [0.15, 0.2) is 60.0 Å². The van der Waals surface area contributed by atoms with Gasteiger partial charge >= 0.3 is 11.3 Å². The number of piperazine rings is 1. The summed E-state index contributed by atoms with van der Waals surface area (Å²) in [6.45, 7) is 12.6. The van der Waals surface area contributed by atoms with Gasteiger partial charge < -0.3 is 9.80 Å². The van der Waals surface area contributed by atoms with Gasteiger partial charge in [-0.1, -0.05) is 36.4 Å². The SMILES string of the molecule is C=CC(=O)N1C[C@H](C)N(c2nc(=O)n3c4c2cc(Cl)c(-c2ccccc2C=O)[n+]4C(C)c2nccc(C)c2-3)[C@@H](C)C1. The van der Waals surface area contributed by atoms with Crippen LogP contribution in [0.1, 0.15) is 48.4 Å². The van der Waals surface area contributed by atoms with Crippen molar-refractivity contribution in [1.29, 1.82) is 0 Å². The average Bonchev–Trinajstić information content (AvgIpc) is 2.95. The first-order valence-electron chi connectivity index (χ1n) is 13.6. The van der Waals surface area contributed by atoms with Crippen LogP contribution in [0.25, 0.3) is 28.0 Å². The third kappa shape index (κ3) is 3.98. The summed E-state index contributed by atoms with van der Waals surface area (Å²) in [7, 11) is 0. The number of amides is 1. The van der Waals surface area contributed by atoms with Crippen molar-refractivity contribution in [3.8, 4) is 16.9 Å². The van der Waals surface area contributed by atoms with Gasteiger partial charge in [0.25, 0.3) is 0 Å². The highest BCUT2D eigenvalue weighted by atomic mass is 35.5. The number of fused-ring (bicyclic) bond motifs is 2. The third-order valence-corrected chi connectivity index (χ3v) is 8.49. The summed E-state index contributed by atoms with van der Waals surface area (Å²) >= 11 is 7.10. The van der Waals surface area contributed by atoms with Crippen molar-refractivity contribution in [3.05, 3.63) is 87.6 Å². The minimum absolute atomic E-state index is 0.126. The van der Waals surface area contributed by atoms with Gasteiger partial charge in [-0.15, -0.1) is 4.57 Å². The lowest BCUT2D eigenvalue weighted by molar-refractivity contribution is -0.679. The van der Waals surface area contributed by atoms with E-state index in [0.717, 1.165) is 11.8 Å². The minimum atomic E-state index is -0.438. The molecule has 1 unspecified atom stereocenters. The zero-order valence-corrected chi connectivity index (χ0v) is 24.1. The zero-order valence-electron chi connectivity index (χ0n) is 23.3. The number of aromatic nitrogens is 4. The van der Waals surface area contributed by atoms with E-state index in [2.05, 4.69) is 21.4 Å². The number of rotatable bonds is 4. The van der Waals surface area contributed by atoms with Crippen LogP contribution >= 0.6 is 11.6 Å². The Hall–Kier alpha value is -4.37. The Morgan fingerprint density at radius 1 is 1.15 bits per heavy atom. The maximum atomic E-state index is 14.0. The molecule has 2 aliphatic rings. The van der Waals surface area contributed by atoms with Crippen LogP contribution in [0.5, 0.6) is 0 Å². The molecule has 5 heterocycles. The molecule has 3 atom stereocenters. The molecular weight excluding hydrogens is 540 g/mol. The van der Waals surface area contributed by atoms with Gasteiger partial charge in [-0.2, -0.15) is 4.98 Å². The van der Waals surface area contributed by atoms with Crippen molar-refractivity contribution in [1.82, 2.24) is 19.4 Å². The van der Waals surface area contributed by atoms with Crippen molar-refractivity contribution < 1.29 is 14.2 Å². The minimum Gasteiger partial charge on any atom is -0.347 e. The molecule has 0 N–H and O–H groups in total. The maximum Gasteiger partial charge on any atom is 0.442 e. The molecule has 0 aliphatic carbocycles. The van der Waals surface area contributed by atoms with E-state index in [9.17, 15) is 14.4 Å². The number of anilines is 1. The standard InChI is InChI=1S/C31H30ClN6O3/c1-6-25(40)35-14-18(3)36(19(4)15-35)29-23-13-24(32)28(22-10-8-7-9-21(22)16-39)37-20(5)26-27(17(2)11-12-33-26)38(30(23)37)31(41)34-29/h6-13,16,18-20H,1,14-15H2,2-5H3/q+1/t18-,19-,20?/m0/s1. The van der Waals surface area contributed by atoms with Gasteiger partial charge in [0.15, 0.2) is 23.5 Å².